The lowest BCUT2D eigenvalue weighted by Gasteiger charge is -2.22. The maximum atomic E-state index is 5.26. The van der Waals surface area contributed by atoms with Crippen LogP contribution in [-0.4, -0.2) is 27.0 Å². The van der Waals surface area contributed by atoms with Gasteiger partial charge >= 0.3 is 0 Å². The van der Waals surface area contributed by atoms with Crippen molar-refractivity contribution in [1.82, 2.24) is 14.4 Å². The van der Waals surface area contributed by atoms with Crippen LogP contribution in [0.5, 0.6) is 5.75 Å². The van der Waals surface area contributed by atoms with Crippen molar-refractivity contribution in [3.8, 4) is 28.2 Å². The minimum Gasteiger partial charge on any atom is -0.497 e. The van der Waals surface area contributed by atoms with Gasteiger partial charge in [-0.15, -0.1) is 23.7 Å². The summed E-state index contributed by atoms with van der Waals surface area (Å²) >= 11 is 1.63. The highest BCUT2D eigenvalue weighted by Gasteiger charge is 2.20. The van der Waals surface area contributed by atoms with Gasteiger partial charge in [0.15, 0.2) is 5.65 Å². The van der Waals surface area contributed by atoms with E-state index in [9.17, 15) is 0 Å². The molecule has 0 aliphatic carbocycles. The molecule has 4 rings (SSSR count). The van der Waals surface area contributed by atoms with Crippen LogP contribution in [0.15, 0.2) is 55.0 Å². The summed E-state index contributed by atoms with van der Waals surface area (Å²) in [7, 11) is 1.66. The first-order valence-corrected chi connectivity index (χ1v) is 10.1. The van der Waals surface area contributed by atoms with E-state index in [4.69, 9.17) is 9.72 Å². The van der Waals surface area contributed by atoms with Crippen LogP contribution in [-0.2, 0) is 0 Å². The first-order valence-electron chi connectivity index (χ1n) is 9.29. The lowest BCUT2D eigenvalue weighted by Crippen LogP contribution is -2.27. The molecule has 1 N–H and O–H groups in total. The first kappa shape index (κ1) is 21.7. The normalized spacial score (nSPS) is 10.8. The van der Waals surface area contributed by atoms with Crippen LogP contribution in [0.2, 0.25) is 0 Å². The summed E-state index contributed by atoms with van der Waals surface area (Å²) < 4.78 is 7.30. The molecule has 30 heavy (non-hydrogen) atoms. The van der Waals surface area contributed by atoms with Crippen molar-refractivity contribution >= 4 is 35.2 Å². The first-order chi connectivity index (χ1) is 13.9. The zero-order valence-electron chi connectivity index (χ0n) is 17.3. The SMILES string of the molecule is COc1cccc(C#Cc2ccc(-c3nc4cnccn4c3NC(C)(C)C)s2)c1.Cl. The lowest BCUT2D eigenvalue weighted by atomic mass is 10.1. The quantitative estimate of drug-likeness (QED) is 0.429. The number of hydrogen-bond donors (Lipinski definition) is 1. The van der Waals surface area contributed by atoms with Crippen molar-refractivity contribution in [2.45, 2.75) is 26.3 Å². The summed E-state index contributed by atoms with van der Waals surface area (Å²) in [6.45, 7) is 6.41. The van der Waals surface area contributed by atoms with Crippen molar-refractivity contribution in [3.63, 3.8) is 0 Å². The predicted molar refractivity (Wildman–Crippen MR) is 126 cm³/mol. The number of ether oxygens (including phenoxy) is 1. The van der Waals surface area contributed by atoms with E-state index >= 15 is 0 Å². The zero-order valence-corrected chi connectivity index (χ0v) is 18.9. The molecule has 3 aromatic heterocycles. The molecule has 0 aliphatic rings. The number of rotatable bonds is 3. The van der Waals surface area contributed by atoms with Crippen molar-refractivity contribution in [2.75, 3.05) is 12.4 Å². The van der Waals surface area contributed by atoms with Crippen molar-refractivity contribution < 1.29 is 4.74 Å². The Morgan fingerprint density at radius 1 is 1.13 bits per heavy atom. The molecule has 1 aromatic carbocycles. The van der Waals surface area contributed by atoms with E-state index in [1.807, 2.05) is 40.9 Å². The summed E-state index contributed by atoms with van der Waals surface area (Å²) in [4.78, 5) is 11.1. The summed E-state index contributed by atoms with van der Waals surface area (Å²) in [6.07, 6.45) is 5.47. The molecular weight excluding hydrogens is 416 g/mol. The van der Waals surface area contributed by atoms with E-state index in [0.717, 1.165) is 38.2 Å². The molecule has 3 heterocycles. The predicted octanol–water partition coefficient (Wildman–Crippen LogP) is 5.50. The molecule has 0 bridgehead atoms. The Morgan fingerprint density at radius 3 is 2.73 bits per heavy atom. The number of thiophene rings is 1. The number of methoxy groups -OCH3 is 1. The lowest BCUT2D eigenvalue weighted by molar-refractivity contribution is 0.414. The second-order valence-corrected chi connectivity index (χ2v) is 8.72. The van der Waals surface area contributed by atoms with Gasteiger partial charge in [0.2, 0.25) is 0 Å². The van der Waals surface area contributed by atoms with E-state index in [1.165, 1.54) is 0 Å². The fourth-order valence-electron chi connectivity index (χ4n) is 2.92. The third kappa shape index (κ3) is 4.76. The fourth-order valence-corrected chi connectivity index (χ4v) is 3.77. The molecule has 0 unspecified atom stereocenters. The van der Waals surface area contributed by atoms with E-state index in [-0.39, 0.29) is 17.9 Å². The number of nitrogens with zero attached hydrogens (tertiary/aromatic N) is 3. The largest absolute Gasteiger partial charge is 0.497 e. The van der Waals surface area contributed by atoms with E-state index in [2.05, 4.69) is 49.0 Å². The Labute approximate surface area is 186 Å². The van der Waals surface area contributed by atoms with Gasteiger partial charge in [0.1, 0.15) is 17.3 Å². The Balaban J connectivity index is 0.00000256. The van der Waals surface area contributed by atoms with Crippen LogP contribution in [0.4, 0.5) is 5.82 Å². The highest BCUT2D eigenvalue weighted by atomic mass is 35.5. The number of fused-ring (bicyclic) bond motifs is 1. The Kier molecular flexibility index (Phi) is 6.35. The van der Waals surface area contributed by atoms with E-state index in [0.29, 0.717) is 0 Å². The summed E-state index contributed by atoms with van der Waals surface area (Å²) in [5, 5.41) is 3.58. The minimum absolute atomic E-state index is 0. The van der Waals surface area contributed by atoms with Crippen LogP contribution in [0.3, 0.4) is 0 Å². The van der Waals surface area contributed by atoms with Gasteiger partial charge in [0, 0.05) is 23.5 Å². The third-order valence-electron chi connectivity index (χ3n) is 4.16. The Bertz CT molecular complexity index is 1230. The number of halogens is 1. The number of nitrogens with one attached hydrogen (secondary N) is 1. The molecule has 154 valence electrons. The second-order valence-electron chi connectivity index (χ2n) is 7.63. The van der Waals surface area contributed by atoms with Gasteiger partial charge in [-0.05, 0) is 51.1 Å². The molecule has 7 heteroatoms. The number of hydrogen-bond acceptors (Lipinski definition) is 5. The Hall–Kier alpha value is -3.01. The molecule has 4 aromatic rings. The number of aromatic nitrogens is 3. The molecule has 0 amide bonds. The van der Waals surface area contributed by atoms with Crippen molar-refractivity contribution in [1.29, 1.82) is 0 Å². The van der Waals surface area contributed by atoms with Crippen molar-refractivity contribution in [3.05, 3.63) is 65.4 Å². The zero-order chi connectivity index (χ0) is 20.4. The molecule has 0 saturated carbocycles. The summed E-state index contributed by atoms with van der Waals surface area (Å²) in [5.74, 6) is 8.23. The number of imidazole rings is 1. The van der Waals surface area contributed by atoms with E-state index < -0.39 is 0 Å². The van der Waals surface area contributed by atoms with Crippen LogP contribution >= 0.6 is 23.7 Å². The molecule has 0 radical (unpaired) electrons. The van der Waals surface area contributed by atoms with Gasteiger partial charge in [-0.25, -0.2) is 4.98 Å². The van der Waals surface area contributed by atoms with Gasteiger partial charge in [-0.1, -0.05) is 17.9 Å². The maximum Gasteiger partial charge on any atom is 0.157 e. The highest BCUT2D eigenvalue weighted by molar-refractivity contribution is 7.16. The van der Waals surface area contributed by atoms with Gasteiger partial charge < -0.3 is 10.1 Å². The third-order valence-corrected chi connectivity index (χ3v) is 5.17. The minimum atomic E-state index is -0.0970. The molecule has 0 aliphatic heterocycles. The second kappa shape index (κ2) is 8.78. The highest BCUT2D eigenvalue weighted by Crippen LogP contribution is 2.34. The topological polar surface area (TPSA) is 51.5 Å². The molecule has 0 spiro atoms. The maximum absolute atomic E-state index is 5.26. The van der Waals surface area contributed by atoms with Gasteiger partial charge in [-0.3, -0.25) is 9.38 Å². The Morgan fingerprint density at radius 2 is 1.97 bits per heavy atom. The molecule has 0 fully saturated rings. The number of anilines is 1. The fraction of sp³-hybridized carbons (Fsp3) is 0.217. The van der Waals surface area contributed by atoms with Crippen molar-refractivity contribution in [2.24, 2.45) is 0 Å². The number of benzene rings is 1. The van der Waals surface area contributed by atoms with Gasteiger partial charge in [0.25, 0.3) is 0 Å². The smallest absolute Gasteiger partial charge is 0.157 e. The van der Waals surface area contributed by atoms with Crippen LogP contribution < -0.4 is 10.1 Å². The van der Waals surface area contributed by atoms with Gasteiger partial charge in [-0.2, -0.15) is 0 Å². The standard InChI is InChI=1S/C23H22N4OS.ClH/c1-23(2,3)26-22-21(25-20-15-24-12-13-27(20)22)19-11-10-18(29-19)9-8-16-6-5-7-17(14-16)28-4;/h5-7,10-15,26H,1-4H3;1H. The molecule has 0 atom stereocenters. The van der Waals surface area contributed by atoms with Gasteiger partial charge in [0.05, 0.1) is 23.1 Å². The molecule has 0 saturated heterocycles. The van der Waals surface area contributed by atoms with Crippen LogP contribution in [0.25, 0.3) is 16.2 Å². The van der Waals surface area contributed by atoms with Crippen LogP contribution in [0, 0.1) is 11.8 Å². The summed E-state index contributed by atoms with van der Waals surface area (Å²) in [5.41, 5.74) is 2.55. The molecule has 5 nitrogen and oxygen atoms in total. The monoisotopic (exact) mass is 438 g/mol. The molecular formula is C23H23ClN4OS. The average molecular weight is 439 g/mol. The van der Waals surface area contributed by atoms with Crippen LogP contribution in [0.1, 0.15) is 31.2 Å². The average Bonchev–Trinajstić information content (AvgIpc) is 3.30. The summed E-state index contributed by atoms with van der Waals surface area (Å²) in [6, 6.07) is 11.9. The van der Waals surface area contributed by atoms with E-state index in [1.54, 1.807) is 30.8 Å².